The molecule has 0 aromatic heterocycles. The second kappa shape index (κ2) is 7.76. The maximum Gasteiger partial charge on any atom is 0.266 e. The smallest absolute Gasteiger partial charge is 0.266 e. The molecule has 3 rings (SSSR count). The number of nitrogens with zero attached hydrogens (tertiary/aromatic N) is 1. The number of carbonyl (C=O) groups is 1. The molecule has 0 radical (unpaired) electrons. The number of benzene rings is 2. The highest BCUT2D eigenvalue weighted by Crippen LogP contribution is 2.32. The molecule has 1 heterocycles. The minimum atomic E-state index is -0.269. The Hall–Kier alpha value is -2.24. The number of halogens is 2. The van der Waals surface area contributed by atoms with Crippen LogP contribution in [0.3, 0.4) is 0 Å². The van der Waals surface area contributed by atoms with Crippen LogP contribution in [0.25, 0.3) is 11.1 Å². The average molecular weight is 360 g/mol. The molecule has 0 bridgehead atoms. The summed E-state index contributed by atoms with van der Waals surface area (Å²) < 4.78 is 13.1. The molecular formula is C19H19ClFN3O. The van der Waals surface area contributed by atoms with Crippen LogP contribution in [0.1, 0.15) is 12.0 Å². The first-order valence-corrected chi connectivity index (χ1v) is 8.59. The SMILES string of the molecule is NCC[C@H](Cl)CNC(=O)C1=Nc2cc(-c3ccc(F)cc3)ccc2C1. The van der Waals surface area contributed by atoms with Crippen molar-refractivity contribution in [3.05, 3.63) is 53.8 Å². The van der Waals surface area contributed by atoms with Crippen LogP contribution in [0.5, 0.6) is 0 Å². The third-order valence-electron chi connectivity index (χ3n) is 4.10. The Morgan fingerprint density at radius 1 is 1.24 bits per heavy atom. The van der Waals surface area contributed by atoms with Gasteiger partial charge in [0.15, 0.2) is 0 Å². The number of hydrogen-bond acceptors (Lipinski definition) is 3. The van der Waals surface area contributed by atoms with Crippen LogP contribution >= 0.6 is 11.6 Å². The molecule has 0 spiro atoms. The molecule has 2 aromatic carbocycles. The van der Waals surface area contributed by atoms with E-state index in [1.54, 1.807) is 12.1 Å². The van der Waals surface area contributed by atoms with E-state index < -0.39 is 0 Å². The molecule has 4 nitrogen and oxygen atoms in total. The van der Waals surface area contributed by atoms with Crippen molar-refractivity contribution in [3.8, 4) is 11.1 Å². The van der Waals surface area contributed by atoms with Gasteiger partial charge in [-0.15, -0.1) is 11.6 Å². The fourth-order valence-corrected chi connectivity index (χ4v) is 2.93. The van der Waals surface area contributed by atoms with Crippen LogP contribution in [0.4, 0.5) is 10.1 Å². The quantitative estimate of drug-likeness (QED) is 0.778. The van der Waals surface area contributed by atoms with Crippen molar-refractivity contribution in [2.45, 2.75) is 18.2 Å². The summed E-state index contributed by atoms with van der Waals surface area (Å²) in [7, 11) is 0. The summed E-state index contributed by atoms with van der Waals surface area (Å²) in [5, 5.41) is 2.62. The van der Waals surface area contributed by atoms with E-state index in [-0.39, 0.29) is 17.1 Å². The predicted molar refractivity (Wildman–Crippen MR) is 99.0 cm³/mol. The highest BCUT2D eigenvalue weighted by atomic mass is 35.5. The monoisotopic (exact) mass is 359 g/mol. The standard InChI is InChI=1S/C19H19ClFN3O/c20-15(7-8-22)11-23-19(25)18-10-14-2-1-13(9-17(14)24-18)12-3-5-16(21)6-4-12/h1-6,9,15H,7-8,10-11,22H2,(H,23,25)/t15-/m0/s1. The highest BCUT2D eigenvalue weighted by Gasteiger charge is 2.21. The number of nitrogens with one attached hydrogen (secondary N) is 1. The highest BCUT2D eigenvalue weighted by molar-refractivity contribution is 6.41. The van der Waals surface area contributed by atoms with Crippen LogP contribution < -0.4 is 11.1 Å². The molecule has 6 heteroatoms. The van der Waals surface area contributed by atoms with Crippen LogP contribution in [0.2, 0.25) is 0 Å². The lowest BCUT2D eigenvalue weighted by Crippen LogP contribution is -2.35. The van der Waals surface area contributed by atoms with Crippen molar-refractivity contribution < 1.29 is 9.18 Å². The number of amides is 1. The molecule has 1 atom stereocenters. The van der Waals surface area contributed by atoms with E-state index in [0.717, 1.165) is 22.4 Å². The van der Waals surface area contributed by atoms with Gasteiger partial charge in [-0.25, -0.2) is 9.38 Å². The summed E-state index contributed by atoms with van der Waals surface area (Å²) in [6.07, 6.45) is 1.14. The Morgan fingerprint density at radius 2 is 1.96 bits per heavy atom. The Bertz CT molecular complexity index is 805. The molecular weight excluding hydrogens is 341 g/mol. The molecule has 1 aliphatic rings. The summed E-state index contributed by atoms with van der Waals surface area (Å²) in [5.74, 6) is -0.476. The summed E-state index contributed by atoms with van der Waals surface area (Å²) in [4.78, 5) is 16.7. The fourth-order valence-electron chi connectivity index (χ4n) is 2.72. The van der Waals surface area contributed by atoms with Gasteiger partial charge in [0, 0.05) is 13.0 Å². The van der Waals surface area contributed by atoms with E-state index in [1.165, 1.54) is 12.1 Å². The number of rotatable bonds is 6. The van der Waals surface area contributed by atoms with E-state index in [4.69, 9.17) is 17.3 Å². The van der Waals surface area contributed by atoms with Gasteiger partial charge in [0.05, 0.1) is 11.1 Å². The third kappa shape index (κ3) is 4.24. The van der Waals surface area contributed by atoms with Gasteiger partial charge in [0.25, 0.3) is 5.91 Å². The Morgan fingerprint density at radius 3 is 2.68 bits per heavy atom. The van der Waals surface area contributed by atoms with Gasteiger partial charge in [-0.3, -0.25) is 4.79 Å². The van der Waals surface area contributed by atoms with Crippen molar-refractivity contribution in [1.82, 2.24) is 5.32 Å². The average Bonchev–Trinajstić information content (AvgIpc) is 3.04. The van der Waals surface area contributed by atoms with Gasteiger partial charge in [-0.2, -0.15) is 0 Å². The maximum absolute atomic E-state index is 13.1. The van der Waals surface area contributed by atoms with Gasteiger partial charge >= 0.3 is 0 Å². The van der Waals surface area contributed by atoms with Crippen molar-refractivity contribution in [2.75, 3.05) is 13.1 Å². The van der Waals surface area contributed by atoms with Gasteiger partial charge < -0.3 is 11.1 Å². The van der Waals surface area contributed by atoms with Crippen LogP contribution in [0.15, 0.2) is 47.5 Å². The first-order valence-electron chi connectivity index (χ1n) is 8.15. The minimum Gasteiger partial charge on any atom is -0.349 e. The predicted octanol–water partition coefficient (Wildman–Crippen LogP) is 3.19. The lowest BCUT2D eigenvalue weighted by Gasteiger charge is -2.09. The number of carbonyl (C=O) groups excluding carboxylic acids is 1. The number of fused-ring (bicyclic) bond motifs is 1. The van der Waals surface area contributed by atoms with Crippen molar-refractivity contribution in [3.63, 3.8) is 0 Å². The van der Waals surface area contributed by atoms with E-state index in [1.807, 2.05) is 18.2 Å². The molecule has 130 valence electrons. The Balaban J connectivity index is 1.71. The largest absolute Gasteiger partial charge is 0.349 e. The molecule has 1 amide bonds. The molecule has 3 N–H and O–H groups in total. The van der Waals surface area contributed by atoms with E-state index in [0.29, 0.717) is 31.6 Å². The zero-order valence-corrected chi connectivity index (χ0v) is 14.4. The molecule has 1 aliphatic heterocycles. The Kier molecular flexibility index (Phi) is 5.46. The molecule has 25 heavy (non-hydrogen) atoms. The molecule has 0 saturated heterocycles. The number of alkyl halides is 1. The Labute approximate surface area is 150 Å². The van der Waals surface area contributed by atoms with Gasteiger partial charge in [0.2, 0.25) is 0 Å². The van der Waals surface area contributed by atoms with Crippen molar-refractivity contribution >= 4 is 28.9 Å². The molecule has 0 saturated carbocycles. The second-order valence-electron chi connectivity index (χ2n) is 5.97. The number of hydrogen-bond donors (Lipinski definition) is 2. The summed E-state index contributed by atoms with van der Waals surface area (Å²) in [5.41, 5.74) is 9.54. The molecule has 0 fully saturated rings. The lowest BCUT2D eigenvalue weighted by atomic mass is 10.0. The van der Waals surface area contributed by atoms with Gasteiger partial charge in [-0.05, 0) is 47.9 Å². The second-order valence-corrected chi connectivity index (χ2v) is 6.59. The van der Waals surface area contributed by atoms with Gasteiger partial charge in [0.1, 0.15) is 11.5 Å². The first kappa shape index (κ1) is 17.6. The zero-order valence-electron chi connectivity index (χ0n) is 13.6. The van der Waals surface area contributed by atoms with Crippen molar-refractivity contribution in [1.29, 1.82) is 0 Å². The zero-order chi connectivity index (χ0) is 17.8. The molecule has 0 aliphatic carbocycles. The lowest BCUT2D eigenvalue weighted by molar-refractivity contribution is -0.114. The van der Waals surface area contributed by atoms with Crippen molar-refractivity contribution in [2.24, 2.45) is 10.7 Å². The van der Waals surface area contributed by atoms with Crippen LogP contribution in [-0.2, 0) is 11.2 Å². The summed E-state index contributed by atoms with van der Waals surface area (Å²) in [6, 6.07) is 12.1. The summed E-state index contributed by atoms with van der Waals surface area (Å²) in [6.45, 7) is 0.858. The molecule has 0 unspecified atom stereocenters. The van der Waals surface area contributed by atoms with Crippen LogP contribution in [0, 0.1) is 5.82 Å². The number of aliphatic imine (C=N–C) groups is 1. The van der Waals surface area contributed by atoms with Gasteiger partial charge in [-0.1, -0.05) is 24.3 Å². The van der Waals surface area contributed by atoms with Crippen LogP contribution in [-0.4, -0.2) is 30.1 Å². The first-order chi connectivity index (χ1) is 12.1. The van der Waals surface area contributed by atoms with E-state index in [9.17, 15) is 9.18 Å². The fraction of sp³-hybridized carbons (Fsp3) is 0.263. The van der Waals surface area contributed by atoms with E-state index in [2.05, 4.69) is 10.3 Å². The maximum atomic E-state index is 13.1. The third-order valence-corrected chi connectivity index (χ3v) is 4.47. The summed E-state index contributed by atoms with van der Waals surface area (Å²) >= 11 is 6.06. The normalized spacial score (nSPS) is 14.0. The topological polar surface area (TPSA) is 67.5 Å². The van der Waals surface area contributed by atoms with E-state index >= 15 is 0 Å². The molecule has 2 aromatic rings. The minimum absolute atomic E-state index is 0.177. The number of nitrogens with two attached hydrogens (primary N) is 1.